The van der Waals surface area contributed by atoms with E-state index in [1.54, 1.807) is 0 Å². The topological polar surface area (TPSA) is 0 Å². The highest BCUT2D eigenvalue weighted by Crippen LogP contribution is 2.35. The van der Waals surface area contributed by atoms with Crippen molar-refractivity contribution < 1.29 is 0 Å². The second-order valence-electron chi connectivity index (χ2n) is 4.64. The van der Waals surface area contributed by atoms with Gasteiger partial charge in [0, 0.05) is 25.4 Å². The Balaban J connectivity index is 2.21. The van der Waals surface area contributed by atoms with Gasteiger partial charge in [-0.3, -0.25) is 0 Å². The molecule has 0 aliphatic carbocycles. The summed E-state index contributed by atoms with van der Waals surface area (Å²) >= 11 is 12.9. The van der Waals surface area contributed by atoms with E-state index in [-0.39, 0.29) is 5.41 Å². The normalized spacial score (nSPS) is 11.7. The maximum Gasteiger partial charge on any atom is 0.0178 e. The first-order valence-electron chi connectivity index (χ1n) is 6.10. The van der Waals surface area contributed by atoms with Crippen molar-refractivity contribution in [1.29, 1.82) is 0 Å². The summed E-state index contributed by atoms with van der Waals surface area (Å²) in [6.45, 7) is 0. The zero-order valence-corrected chi connectivity index (χ0v) is 16.0. The molecular weight excluding hydrogens is 452 g/mol. The zero-order valence-electron chi connectivity index (χ0n) is 10.4. The predicted octanol–water partition coefficient (Wildman–Crippen LogP) is 6.17. The van der Waals surface area contributed by atoms with Gasteiger partial charge in [0.15, 0.2) is 0 Å². The van der Waals surface area contributed by atoms with Gasteiger partial charge in [0.2, 0.25) is 0 Å². The number of hydrogen-bond acceptors (Lipinski definition) is 1. The first-order valence-corrected chi connectivity index (χ1v) is 10.0. The molecule has 0 saturated heterocycles. The molecule has 1 aromatic carbocycles. The lowest BCUT2D eigenvalue weighted by molar-refractivity contribution is 0.507. The van der Waals surface area contributed by atoms with Gasteiger partial charge < -0.3 is 0 Å². The van der Waals surface area contributed by atoms with E-state index in [2.05, 4.69) is 89.6 Å². The molecule has 0 amide bonds. The highest BCUT2D eigenvalue weighted by Gasteiger charge is 2.30. The van der Waals surface area contributed by atoms with E-state index in [9.17, 15) is 0 Å². The van der Waals surface area contributed by atoms with Crippen LogP contribution in [0.1, 0.15) is 16.9 Å². The summed E-state index contributed by atoms with van der Waals surface area (Å²) in [5, 5.41) is 4.08. The number of halogens is 3. The van der Waals surface area contributed by atoms with Crippen molar-refractivity contribution in [3.05, 3.63) is 56.7 Å². The molecule has 0 radical (unpaired) electrons. The van der Waals surface area contributed by atoms with Crippen molar-refractivity contribution in [2.24, 2.45) is 0 Å². The van der Waals surface area contributed by atoms with Gasteiger partial charge >= 0.3 is 0 Å². The molecule has 0 N–H and O–H groups in total. The summed E-state index contributed by atoms with van der Waals surface area (Å²) in [5.41, 5.74) is 1.53. The molecule has 1 aromatic heterocycles. The van der Waals surface area contributed by atoms with Gasteiger partial charge in [0.05, 0.1) is 0 Å². The Morgan fingerprint density at radius 3 is 2.42 bits per heavy atom. The second-order valence-corrected chi connectivity index (χ2v) is 7.71. The third kappa shape index (κ3) is 3.93. The molecule has 2 rings (SSSR count). The van der Waals surface area contributed by atoms with E-state index in [0.717, 1.165) is 28.0 Å². The van der Waals surface area contributed by atoms with Crippen LogP contribution in [-0.4, -0.2) is 10.7 Å². The average Bonchev–Trinajstić information content (AvgIpc) is 2.94. The lowest BCUT2D eigenvalue weighted by Gasteiger charge is -2.31. The van der Waals surface area contributed by atoms with Gasteiger partial charge in [-0.1, -0.05) is 66.0 Å². The van der Waals surface area contributed by atoms with Crippen molar-refractivity contribution in [1.82, 2.24) is 0 Å². The Labute approximate surface area is 144 Å². The summed E-state index contributed by atoms with van der Waals surface area (Å²) in [5.74, 6) is 0. The van der Waals surface area contributed by atoms with Gasteiger partial charge in [0.1, 0.15) is 0 Å². The molecule has 1 heterocycles. The number of alkyl halides is 2. The number of hydrogen-bond donors (Lipinski definition) is 0. The average molecular weight is 467 g/mol. The van der Waals surface area contributed by atoms with E-state index < -0.39 is 0 Å². The van der Waals surface area contributed by atoms with E-state index in [1.165, 1.54) is 10.4 Å². The molecule has 0 aliphatic heterocycles. The Kier molecular flexibility index (Phi) is 6.12. The molecule has 102 valence electrons. The molecule has 0 nitrogen and oxygen atoms in total. The summed E-state index contributed by atoms with van der Waals surface area (Å²) < 4.78 is 1.15. The first kappa shape index (κ1) is 15.7. The Bertz CT molecular complexity index is 504. The van der Waals surface area contributed by atoms with Crippen LogP contribution in [0.25, 0.3) is 0 Å². The molecule has 0 spiro atoms. The standard InChI is InChI=1S/C15H15Br3S/c16-10-15(11-17,7-6-14-5-2-8-19-14)12-3-1-4-13(18)9-12/h1-5,8-9H,6-7,10-11H2. The lowest BCUT2D eigenvalue weighted by Crippen LogP contribution is -2.30. The fourth-order valence-corrected chi connectivity index (χ4v) is 5.35. The maximum absolute atomic E-state index is 3.72. The molecule has 19 heavy (non-hydrogen) atoms. The van der Waals surface area contributed by atoms with Crippen LogP contribution in [-0.2, 0) is 11.8 Å². The fraction of sp³-hybridized carbons (Fsp3) is 0.333. The van der Waals surface area contributed by atoms with Gasteiger partial charge in [-0.2, -0.15) is 0 Å². The Morgan fingerprint density at radius 2 is 1.84 bits per heavy atom. The van der Waals surface area contributed by atoms with Crippen molar-refractivity contribution in [3.8, 4) is 0 Å². The minimum Gasteiger partial charge on any atom is -0.149 e. The van der Waals surface area contributed by atoms with Gasteiger partial charge in [-0.05, 0) is 42.0 Å². The first-order chi connectivity index (χ1) is 9.20. The van der Waals surface area contributed by atoms with Crippen LogP contribution in [0.4, 0.5) is 0 Å². The SMILES string of the molecule is BrCC(CBr)(CCc1cccs1)c1cccc(Br)c1. The maximum atomic E-state index is 3.72. The predicted molar refractivity (Wildman–Crippen MR) is 96.0 cm³/mol. The largest absolute Gasteiger partial charge is 0.149 e. The summed E-state index contributed by atoms with van der Waals surface area (Å²) in [7, 11) is 0. The molecule has 0 bridgehead atoms. The Hall–Kier alpha value is 0.360. The molecule has 0 aliphatic rings. The molecule has 0 atom stereocenters. The molecule has 4 heteroatoms. The van der Waals surface area contributed by atoms with Gasteiger partial charge in [0.25, 0.3) is 0 Å². The van der Waals surface area contributed by atoms with Crippen molar-refractivity contribution in [3.63, 3.8) is 0 Å². The van der Waals surface area contributed by atoms with E-state index >= 15 is 0 Å². The number of thiophene rings is 1. The van der Waals surface area contributed by atoms with Crippen LogP contribution in [0.15, 0.2) is 46.3 Å². The highest BCUT2D eigenvalue weighted by atomic mass is 79.9. The number of aryl methyl sites for hydroxylation is 1. The monoisotopic (exact) mass is 464 g/mol. The highest BCUT2D eigenvalue weighted by molar-refractivity contribution is 9.10. The number of rotatable bonds is 6. The van der Waals surface area contributed by atoms with E-state index in [4.69, 9.17) is 0 Å². The minimum atomic E-state index is 0.147. The van der Waals surface area contributed by atoms with Gasteiger partial charge in [-0.25, -0.2) is 0 Å². The van der Waals surface area contributed by atoms with Crippen LogP contribution in [0.5, 0.6) is 0 Å². The van der Waals surface area contributed by atoms with Crippen LogP contribution < -0.4 is 0 Å². The molecule has 0 fully saturated rings. The van der Waals surface area contributed by atoms with Crippen LogP contribution in [0.2, 0.25) is 0 Å². The molecule has 0 unspecified atom stereocenters. The van der Waals surface area contributed by atoms with Crippen LogP contribution in [0, 0.1) is 0 Å². The quantitative estimate of drug-likeness (QED) is 0.446. The summed E-state index contributed by atoms with van der Waals surface area (Å²) in [6.07, 6.45) is 2.27. The zero-order chi connectivity index (χ0) is 13.7. The summed E-state index contributed by atoms with van der Waals surface area (Å²) in [4.78, 5) is 1.46. The third-order valence-electron chi connectivity index (χ3n) is 3.38. The third-order valence-corrected chi connectivity index (χ3v) is 6.95. The van der Waals surface area contributed by atoms with Crippen LogP contribution >= 0.6 is 59.1 Å². The molecular formula is C15H15Br3S. The van der Waals surface area contributed by atoms with Crippen molar-refractivity contribution >= 4 is 59.1 Å². The second kappa shape index (κ2) is 7.39. The van der Waals surface area contributed by atoms with E-state index in [0.29, 0.717) is 0 Å². The lowest BCUT2D eigenvalue weighted by atomic mass is 9.80. The number of benzene rings is 1. The van der Waals surface area contributed by atoms with Crippen molar-refractivity contribution in [2.45, 2.75) is 18.3 Å². The molecule has 0 saturated carbocycles. The smallest absolute Gasteiger partial charge is 0.0178 e. The van der Waals surface area contributed by atoms with Crippen LogP contribution in [0.3, 0.4) is 0 Å². The van der Waals surface area contributed by atoms with E-state index in [1.807, 2.05) is 11.3 Å². The van der Waals surface area contributed by atoms with Crippen molar-refractivity contribution in [2.75, 3.05) is 10.7 Å². The van der Waals surface area contributed by atoms with Gasteiger partial charge in [-0.15, -0.1) is 11.3 Å². The Morgan fingerprint density at radius 1 is 1.05 bits per heavy atom. The minimum absolute atomic E-state index is 0.147. The fourth-order valence-electron chi connectivity index (χ4n) is 2.10. The summed E-state index contributed by atoms with van der Waals surface area (Å²) in [6, 6.07) is 13.0. The molecule has 2 aromatic rings.